The summed E-state index contributed by atoms with van der Waals surface area (Å²) >= 11 is 1.42. The van der Waals surface area contributed by atoms with Gasteiger partial charge in [0.2, 0.25) is 5.78 Å². The fourth-order valence-electron chi connectivity index (χ4n) is 2.61. The molecule has 1 aromatic carbocycles. The van der Waals surface area contributed by atoms with E-state index >= 15 is 0 Å². The number of ketones is 1. The van der Waals surface area contributed by atoms with Crippen LogP contribution in [-0.2, 0) is 12.0 Å². The molecule has 25 heavy (non-hydrogen) atoms. The van der Waals surface area contributed by atoms with Gasteiger partial charge in [-0.05, 0) is 36.0 Å². The van der Waals surface area contributed by atoms with E-state index in [-0.39, 0.29) is 36.0 Å². The van der Waals surface area contributed by atoms with Crippen LogP contribution in [0.1, 0.15) is 47.1 Å². The molecular formula is C19H26ClNO3S. The molecule has 4 nitrogen and oxygen atoms in total. The molecule has 0 bridgehead atoms. The highest BCUT2D eigenvalue weighted by Crippen LogP contribution is 2.35. The number of hydrogen-bond acceptors (Lipinski definition) is 5. The Kier molecular flexibility index (Phi) is 7.62. The topological polar surface area (TPSA) is 60.8 Å². The first kappa shape index (κ1) is 21.6. The van der Waals surface area contributed by atoms with Gasteiger partial charge in [-0.3, -0.25) is 9.69 Å². The third-order valence-corrected chi connectivity index (χ3v) is 4.79. The number of aromatic hydroxyl groups is 1. The average Bonchev–Trinajstić information content (AvgIpc) is 3.01. The predicted molar refractivity (Wildman–Crippen MR) is 105 cm³/mol. The van der Waals surface area contributed by atoms with Crippen molar-refractivity contribution in [1.82, 2.24) is 4.90 Å². The highest BCUT2D eigenvalue weighted by molar-refractivity contribution is 7.12. The lowest BCUT2D eigenvalue weighted by molar-refractivity contribution is 0.104. The Morgan fingerprint density at radius 1 is 1.28 bits per heavy atom. The summed E-state index contributed by atoms with van der Waals surface area (Å²) in [5.41, 5.74) is 1.78. The van der Waals surface area contributed by atoms with Crippen LogP contribution in [0.2, 0.25) is 0 Å². The van der Waals surface area contributed by atoms with Crippen LogP contribution >= 0.6 is 23.7 Å². The highest BCUT2D eigenvalue weighted by atomic mass is 35.5. The lowest BCUT2D eigenvalue weighted by Gasteiger charge is -2.24. The minimum atomic E-state index is -0.278. The van der Waals surface area contributed by atoms with Crippen molar-refractivity contribution in [3.8, 4) is 5.75 Å². The van der Waals surface area contributed by atoms with Crippen LogP contribution in [0.3, 0.4) is 0 Å². The zero-order chi connectivity index (χ0) is 17.9. The molecule has 0 aliphatic heterocycles. The molecule has 1 aromatic heterocycles. The second-order valence-corrected chi connectivity index (χ2v) is 8.00. The van der Waals surface area contributed by atoms with Gasteiger partial charge in [-0.1, -0.05) is 26.8 Å². The van der Waals surface area contributed by atoms with Crippen molar-refractivity contribution in [2.45, 2.75) is 32.7 Å². The Labute approximate surface area is 159 Å². The average molecular weight is 384 g/mol. The van der Waals surface area contributed by atoms with Crippen molar-refractivity contribution in [3.05, 3.63) is 51.2 Å². The molecule has 0 saturated heterocycles. The number of carbonyl (C=O) groups excluding carboxylic acids is 1. The largest absolute Gasteiger partial charge is 0.507 e. The van der Waals surface area contributed by atoms with Gasteiger partial charge in [0, 0.05) is 29.8 Å². The van der Waals surface area contributed by atoms with Crippen LogP contribution in [0.15, 0.2) is 29.6 Å². The normalized spacial score (nSPS) is 11.4. The number of benzene rings is 1. The van der Waals surface area contributed by atoms with Crippen LogP contribution in [0.25, 0.3) is 0 Å². The monoisotopic (exact) mass is 383 g/mol. The molecule has 1 heterocycles. The molecule has 0 amide bonds. The van der Waals surface area contributed by atoms with Crippen LogP contribution in [0, 0.1) is 0 Å². The maximum atomic E-state index is 12.7. The number of aliphatic hydroxyl groups excluding tert-OH is 1. The zero-order valence-corrected chi connectivity index (χ0v) is 16.7. The second kappa shape index (κ2) is 8.81. The summed E-state index contributed by atoms with van der Waals surface area (Å²) in [5, 5.41) is 21.6. The van der Waals surface area contributed by atoms with Gasteiger partial charge in [-0.15, -0.1) is 23.7 Å². The van der Waals surface area contributed by atoms with Crippen LogP contribution < -0.4 is 0 Å². The maximum Gasteiger partial charge on any atom is 0.202 e. The van der Waals surface area contributed by atoms with E-state index in [9.17, 15) is 9.90 Å². The van der Waals surface area contributed by atoms with Gasteiger partial charge in [-0.2, -0.15) is 0 Å². The molecule has 0 saturated carbocycles. The predicted octanol–water partition coefficient (Wildman–Crippen LogP) is 3.83. The molecule has 0 unspecified atom stereocenters. The Balaban J connectivity index is 0.00000312. The molecule has 2 N–H and O–H groups in total. The van der Waals surface area contributed by atoms with Crippen molar-refractivity contribution < 1.29 is 15.0 Å². The van der Waals surface area contributed by atoms with Crippen LogP contribution in [0.5, 0.6) is 5.75 Å². The van der Waals surface area contributed by atoms with E-state index in [1.807, 2.05) is 50.2 Å². The maximum absolute atomic E-state index is 12.7. The van der Waals surface area contributed by atoms with Crippen molar-refractivity contribution in [2.24, 2.45) is 0 Å². The van der Waals surface area contributed by atoms with Crippen molar-refractivity contribution in [3.63, 3.8) is 0 Å². The molecule has 6 heteroatoms. The number of hydrogen-bond donors (Lipinski definition) is 2. The first-order chi connectivity index (χ1) is 11.2. The fourth-order valence-corrected chi connectivity index (χ4v) is 3.29. The quantitative estimate of drug-likeness (QED) is 0.744. The van der Waals surface area contributed by atoms with Gasteiger partial charge < -0.3 is 10.2 Å². The van der Waals surface area contributed by atoms with E-state index in [2.05, 4.69) is 0 Å². The molecule has 2 aromatic rings. The number of likely N-dealkylation sites (N-methyl/N-ethyl adjacent to an activating group) is 1. The number of phenols is 1. The van der Waals surface area contributed by atoms with Gasteiger partial charge in [-0.25, -0.2) is 0 Å². The Morgan fingerprint density at radius 3 is 2.48 bits per heavy atom. The summed E-state index contributed by atoms with van der Waals surface area (Å²) in [4.78, 5) is 15.3. The molecule has 0 fully saturated rings. The number of halogens is 1. The molecule has 0 radical (unpaired) electrons. The summed E-state index contributed by atoms with van der Waals surface area (Å²) < 4.78 is 0. The lowest BCUT2D eigenvalue weighted by Crippen LogP contribution is -2.22. The van der Waals surface area contributed by atoms with Gasteiger partial charge >= 0.3 is 0 Å². The lowest BCUT2D eigenvalue weighted by atomic mass is 9.83. The first-order valence-corrected chi connectivity index (χ1v) is 8.86. The number of carbonyl (C=O) groups is 1. The van der Waals surface area contributed by atoms with Gasteiger partial charge in [0.05, 0.1) is 11.5 Å². The summed E-state index contributed by atoms with van der Waals surface area (Å²) in [7, 11) is 1.88. The van der Waals surface area contributed by atoms with E-state index in [0.717, 1.165) is 5.56 Å². The number of nitrogens with zero attached hydrogens (tertiary/aromatic N) is 1. The second-order valence-electron chi connectivity index (χ2n) is 7.05. The molecule has 0 aliphatic carbocycles. The van der Waals surface area contributed by atoms with Crippen molar-refractivity contribution >= 4 is 29.5 Å². The number of thiophene rings is 1. The number of rotatable bonds is 6. The van der Waals surface area contributed by atoms with E-state index in [4.69, 9.17) is 5.11 Å². The molecule has 138 valence electrons. The van der Waals surface area contributed by atoms with Crippen molar-refractivity contribution in [1.29, 1.82) is 0 Å². The molecule has 0 atom stereocenters. The third-order valence-electron chi connectivity index (χ3n) is 3.93. The Bertz CT molecular complexity index is 708. The minimum absolute atomic E-state index is 0. The van der Waals surface area contributed by atoms with E-state index < -0.39 is 0 Å². The third kappa shape index (κ3) is 5.28. The van der Waals surface area contributed by atoms with Crippen LogP contribution in [-0.4, -0.2) is 41.1 Å². The van der Waals surface area contributed by atoms with E-state index in [0.29, 0.717) is 29.1 Å². The highest BCUT2D eigenvalue weighted by Gasteiger charge is 2.24. The first-order valence-electron chi connectivity index (χ1n) is 7.98. The minimum Gasteiger partial charge on any atom is -0.507 e. The zero-order valence-electron chi connectivity index (χ0n) is 15.1. The Hall–Kier alpha value is -1.40. The Morgan fingerprint density at radius 2 is 1.96 bits per heavy atom. The summed E-state index contributed by atoms with van der Waals surface area (Å²) in [5.74, 6) is 0.205. The van der Waals surface area contributed by atoms with Gasteiger partial charge in [0.15, 0.2) is 0 Å². The van der Waals surface area contributed by atoms with Gasteiger partial charge in [0.25, 0.3) is 0 Å². The van der Waals surface area contributed by atoms with Crippen molar-refractivity contribution in [2.75, 3.05) is 20.2 Å². The smallest absolute Gasteiger partial charge is 0.202 e. The van der Waals surface area contributed by atoms with E-state index in [1.54, 1.807) is 12.1 Å². The molecule has 0 aliphatic rings. The molecule has 2 rings (SSSR count). The van der Waals surface area contributed by atoms with E-state index in [1.165, 1.54) is 11.3 Å². The van der Waals surface area contributed by atoms with Crippen LogP contribution in [0.4, 0.5) is 0 Å². The molecule has 0 spiro atoms. The number of phenolic OH excluding ortho intramolecular Hbond substituents is 1. The fraction of sp³-hybridized carbons (Fsp3) is 0.421. The molecular weight excluding hydrogens is 358 g/mol. The summed E-state index contributed by atoms with van der Waals surface area (Å²) in [6, 6.07) is 7.24. The summed E-state index contributed by atoms with van der Waals surface area (Å²) in [6.45, 7) is 7.08. The number of aliphatic hydroxyl groups is 1. The standard InChI is InChI=1S/C19H25NO3S.ClH/c1-19(2,3)15-11-13(18(23)16-6-5-9-24-16)10-14(17(15)22)12-20(4)7-8-21;/h5-6,9-11,21-22H,7-8,12H2,1-4H3;1H. The summed E-state index contributed by atoms with van der Waals surface area (Å²) in [6.07, 6.45) is 0. The SMILES string of the molecule is CN(CCO)Cc1cc(C(=O)c2cccs2)cc(C(C)(C)C)c1O.Cl. The van der Waals surface area contributed by atoms with Gasteiger partial charge in [0.1, 0.15) is 5.75 Å².